The van der Waals surface area contributed by atoms with Crippen LogP contribution in [0.3, 0.4) is 0 Å². The van der Waals surface area contributed by atoms with Gasteiger partial charge in [0.25, 0.3) is 0 Å². The zero-order chi connectivity index (χ0) is 11.5. The SMILES string of the molecule is Cc1ocnc1CSc1cc(N)ccc1Cl. The van der Waals surface area contributed by atoms with Gasteiger partial charge in [0.2, 0.25) is 0 Å². The fraction of sp³-hybridized carbons (Fsp3) is 0.182. The van der Waals surface area contributed by atoms with E-state index >= 15 is 0 Å². The minimum atomic E-state index is 0.709. The standard InChI is InChI=1S/C11H11ClN2OS/c1-7-10(14-6-15-7)5-16-11-4-8(13)2-3-9(11)12/h2-4,6H,5,13H2,1H3. The summed E-state index contributed by atoms with van der Waals surface area (Å²) >= 11 is 7.65. The van der Waals surface area contributed by atoms with Gasteiger partial charge in [0.05, 0.1) is 10.7 Å². The molecular weight excluding hydrogens is 244 g/mol. The second-order valence-electron chi connectivity index (χ2n) is 3.33. The molecule has 0 atom stereocenters. The molecule has 0 unspecified atom stereocenters. The molecule has 1 aromatic carbocycles. The monoisotopic (exact) mass is 254 g/mol. The van der Waals surface area contributed by atoms with Crippen molar-refractivity contribution in [1.82, 2.24) is 4.98 Å². The minimum Gasteiger partial charge on any atom is -0.448 e. The van der Waals surface area contributed by atoms with Gasteiger partial charge in [0.1, 0.15) is 5.76 Å². The number of rotatable bonds is 3. The molecule has 0 radical (unpaired) electrons. The van der Waals surface area contributed by atoms with E-state index in [1.807, 2.05) is 13.0 Å². The molecule has 1 heterocycles. The number of oxazole rings is 1. The lowest BCUT2D eigenvalue weighted by molar-refractivity contribution is 0.525. The van der Waals surface area contributed by atoms with Gasteiger partial charge in [0, 0.05) is 16.3 Å². The predicted octanol–water partition coefficient (Wildman–Crippen LogP) is 3.51. The number of hydrogen-bond acceptors (Lipinski definition) is 4. The van der Waals surface area contributed by atoms with Gasteiger partial charge in [-0.3, -0.25) is 0 Å². The number of nitrogens with zero attached hydrogens (tertiary/aromatic N) is 1. The summed E-state index contributed by atoms with van der Waals surface area (Å²) in [7, 11) is 0. The molecule has 0 aliphatic heterocycles. The lowest BCUT2D eigenvalue weighted by Crippen LogP contribution is -1.87. The lowest BCUT2D eigenvalue weighted by atomic mass is 10.3. The number of aromatic nitrogens is 1. The number of thioether (sulfide) groups is 1. The van der Waals surface area contributed by atoms with Crippen LogP contribution in [-0.4, -0.2) is 4.98 Å². The predicted molar refractivity (Wildman–Crippen MR) is 66.7 cm³/mol. The van der Waals surface area contributed by atoms with Crippen LogP contribution < -0.4 is 5.73 Å². The topological polar surface area (TPSA) is 52.0 Å². The Morgan fingerprint density at radius 2 is 2.31 bits per heavy atom. The van der Waals surface area contributed by atoms with Crippen LogP contribution in [-0.2, 0) is 5.75 Å². The molecular formula is C11H11ClN2OS. The quantitative estimate of drug-likeness (QED) is 0.673. The van der Waals surface area contributed by atoms with Crippen LogP contribution in [0.25, 0.3) is 0 Å². The Labute approximate surface area is 103 Å². The third-order valence-corrected chi connectivity index (χ3v) is 3.67. The Morgan fingerprint density at radius 1 is 1.50 bits per heavy atom. The van der Waals surface area contributed by atoms with Gasteiger partial charge in [-0.1, -0.05) is 11.6 Å². The molecule has 5 heteroatoms. The number of anilines is 1. The molecule has 0 fully saturated rings. The van der Waals surface area contributed by atoms with Crippen LogP contribution in [0.4, 0.5) is 5.69 Å². The second kappa shape index (κ2) is 4.80. The number of benzene rings is 1. The van der Waals surface area contributed by atoms with Crippen LogP contribution in [0.1, 0.15) is 11.5 Å². The van der Waals surface area contributed by atoms with Crippen molar-refractivity contribution in [2.24, 2.45) is 0 Å². The molecule has 0 saturated carbocycles. The molecule has 2 aromatic rings. The first-order valence-corrected chi connectivity index (χ1v) is 6.10. The van der Waals surface area contributed by atoms with Gasteiger partial charge in [0.15, 0.2) is 6.39 Å². The highest BCUT2D eigenvalue weighted by Gasteiger charge is 2.06. The smallest absolute Gasteiger partial charge is 0.181 e. The van der Waals surface area contributed by atoms with Gasteiger partial charge in [-0.2, -0.15) is 0 Å². The number of nitrogens with two attached hydrogens (primary N) is 1. The van der Waals surface area contributed by atoms with Crippen molar-refractivity contribution in [3.63, 3.8) is 0 Å². The van der Waals surface area contributed by atoms with E-state index in [-0.39, 0.29) is 0 Å². The van der Waals surface area contributed by atoms with Gasteiger partial charge >= 0.3 is 0 Å². The number of hydrogen-bond donors (Lipinski definition) is 1. The van der Waals surface area contributed by atoms with Crippen LogP contribution in [0.5, 0.6) is 0 Å². The van der Waals surface area contributed by atoms with Crippen molar-refractivity contribution in [2.75, 3.05) is 5.73 Å². The summed E-state index contributed by atoms with van der Waals surface area (Å²) in [4.78, 5) is 5.08. The van der Waals surface area contributed by atoms with E-state index in [0.717, 1.165) is 22.1 Å². The van der Waals surface area contributed by atoms with Crippen LogP contribution in [0.2, 0.25) is 5.02 Å². The Kier molecular flexibility index (Phi) is 3.41. The Balaban J connectivity index is 2.10. The molecule has 3 nitrogen and oxygen atoms in total. The van der Waals surface area contributed by atoms with Crippen LogP contribution in [0, 0.1) is 6.92 Å². The molecule has 0 amide bonds. The summed E-state index contributed by atoms with van der Waals surface area (Å²) in [5.41, 5.74) is 7.35. The maximum atomic E-state index is 6.06. The fourth-order valence-electron chi connectivity index (χ4n) is 1.24. The lowest BCUT2D eigenvalue weighted by Gasteiger charge is -2.04. The van der Waals surface area contributed by atoms with Crippen molar-refractivity contribution in [3.8, 4) is 0 Å². The van der Waals surface area contributed by atoms with Crippen molar-refractivity contribution in [2.45, 2.75) is 17.6 Å². The van der Waals surface area contributed by atoms with Crippen molar-refractivity contribution in [3.05, 3.63) is 41.1 Å². The summed E-state index contributed by atoms with van der Waals surface area (Å²) in [6, 6.07) is 5.45. The molecule has 0 bridgehead atoms. The highest BCUT2D eigenvalue weighted by Crippen LogP contribution is 2.31. The van der Waals surface area contributed by atoms with Crippen molar-refractivity contribution < 1.29 is 4.42 Å². The first kappa shape index (κ1) is 11.4. The summed E-state index contributed by atoms with van der Waals surface area (Å²) in [5, 5.41) is 0.709. The highest BCUT2D eigenvalue weighted by atomic mass is 35.5. The molecule has 0 saturated heterocycles. The van der Waals surface area contributed by atoms with E-state index in [0.29, 0.717) is 10.7 Å². The van der Waals surface area contributed by atoms with Crippen LogP contribution in [0.15, 0.2) is 33.9 Å². The van der Waals surface area contributed by atoms with Gasteiger partial charge in [-0.05, 0) is 25.1 Å². The Morgan fingerprint density at radius 3 is 3.00 bits per heavy atom. The average molecular weight is 255 g/mol. The molecule has 0 spiro atoms. The maximum Gasteiger partial charge on any atom is 0.181 e. The van der Waals surface area contributed by atoms with E-state index in [1.165, 1.54) is 6.39 Å². The molecule has 0 aliphatic carbocycles. The number of halogens is 1. The first-order valence-electron chi connectivity index (χ1n) is 4.73. The molecule has 1 aromatic heterocycles. The third kappa shape index (κ3) is 2.51. The average Bonchev–Trinajstić information content (AvgIpc) is 2.66. The largest absolute Gasteiger partial charge is 0.448 e. The Bertz CT molecular complexity index is 498. The normalized spacial score (nSPS) is 10.6. The van der Waals surface area contributed by atoms with Gasteiger partial charge in [-0.15, -0.1) is 11.8 Å². The zero-order valence-electron chi connectivity index (χ0n) is 8.74. The van der Waals surface area contributed by atoms with Gasteiger partial charge in [-0.25, -0.2) is 4.98 Å². The summed E-state index contributed by atoms with van der Waals surface area (Å²) in [5.74, 6) is 1.57. The number of nitrogen functional groups attached to an aromatic ring is 1. The van der Waals surface area contributed by atoms with E-state index in [4.69, 9.17) is 21.8 Å². The molecule has 16 heavy (non-hydrogen) atoms. The van der Waals surface area contributed by atoms with Gasteiger partial charge < -0.3 is 10.2 Å². The molecule has 0 aliphatic rings. The summed E-state index contributed by atoms with van der Waals surface area (Å²) < 4.78 is 5.12. The maximum absolute atomic E-state index is 6.06. The summed E-state index contributed by atoms with van der Waals surface area (Å²) in [6.45, 7) is 1.89. The van der Waals surface area contributed by atoms with E-state index < -0.39 is 0 Å². The van der Waals surface area contributed by atoms with E-state index in [9.17, 15) is 0 Å². The molecule has 2 rings (SSSR count). The molecule has 2 N–H and O–H groups in total. The van der Waals surface area contributed by atoms with E-state index in [1.54, 1.807) is 23.9 Å². The molecule has 84 valence electrons. The highest BCUT2D eigenvalue weighted by molar-refractivity contribution is 7.98. The minimum absolute atomic E-state index is 0.709. The zero-order valence-corrected chi connectivity index (χ0v) is 10.3. The summed E-state index contributed by atoms with van der Waals surface area (Å²) in [6.07, 6.45) is 1.45. The number of aryl methyl sites for hydroxylation is 1. The van der Waals surface area contributed by atoms with Crippen molar-refractivity contribution >= 4 is 29.1 Å². The van der Waals surface area contributed by atoms with Crippen LogP contribution >= 0.6 is 23.4 Å². The first-order chi connectivity index (χ1) is 7.66. The third-order valence-electron chi connectivity index (χ3n) is 2.16. The fourth-order valence-corrected chi connectivity index (χ4v) is 2.52. The van der Waals surface area contributed by atoms with Crippen molar-refractivity contribution in [1.29, 1.82) is 0 Å². The van der Waals surface area contributed by atoms with E-state index in [2.05, 4.69) is 4.98 Å². The Hall–Kier alpha value is -1.13. The second-order valence-corrected chi connectivity index (χ2v) is 4.76.